The molecular weight excluding hydrogens is 244 g/mol. The smallest absolute Gasteiger partial charge is 0.0622 e. The lowest BCUT2D eigenvalue weighted by atomic mass is 9.95. The van der Waals surface area contributed by atoms with Crippen LogP contribution in [0.2, 0.25) is 0 Å². The zero-order valence-corrected chi connectivity index (χ0v) is 14.3. The van der Waals surface area contributed by atoms with Gasteiger partial charge >= 0.3 is 0 Å². The molecule has 2 unspecified atom stereocenters. The van der Waals surface area contributed by atoms with Crippen LogP contribution in [0, 0.1) is 17.8 Å². The van der Waals surface area contributed by atoms with Crippen LogP contribution in [-0.4, -0.2) is 42.1 Å². The van der Waals surface area contributed by atoms with E-state index >= 15 is 0 Å². The fraction of sp³-hybridized carbons (Fsp3) is 1.00. The highest BCUT2D eigenvalue weighted by molar-refractivity contribution is 4.82. The number of piperidine rings is 2. The van der Waals surface area contributed by atoms with E-state index in [0.29, 0.717) is 0 Å². The fourth-order valence-corrected chi connectivity index (χ4v) is 4.07. The molecule has 0 aliphatic carbocycles. The molecule has 0 saturated carbocycles. The monoisotopic (exact) mass is 280 g/mol. The van der Waals surface area contributed by atoms with Crippen LogP contribution in [0.3, 0.4) is 0 Å². The zero-order chi connectivity index (χ0) is 14.5. The molecule has 2 heteroatoms. The number of hydrogen-bond donors (Lipinski definition) is 0. The average molecular weight is 280 g/mol. The molecule has 0 spiro atoms. The van der Waals surface area contributed by atoms with E-state index in [2.05, 4.69) is 37.5 Å². The van der Waals surface area contributed by atoms with E-state index in [9.17, 15) is 0 Å². The van der Waals surface area contributed by atoms with Gasteiger partial charge in [-0.15, -0.1) is 0 Å². The summed E-state index contributed by atoms with van der Waals surface area (Å²) in [4.78, 5) is 5.63. The number of hydrogen-bond acceptors (Lipinski definition) is 2. The molecule has 2 heterocycles. The van der Waals surface area contributed by atoms with E-state index in [1.54, 1.807) is 0 Å². The molecule has 0 amide bonds. The van der Waals surface area contributed by atoms with Crippen LogP contribution in [0.1, 0.15) is 66.2 Å². The maximum Gasteiger partial charge on any atom is 0.0622 e. The van der Waals surface area contributed by atoms with Gasteiger partial charge in [0.15, 0.2) is 0 Å². The van der Waals surface area contributed by atoms with Crippen molar-refractivity contribution >= 4 is 0 Å². The minimum atomic E-state index is 0.725. The third-order valence-corrected chi connectivity index (χ3v) is 5.22. The summed E-state index contributed by atoms with van der Waals surface area (Å²) in [7, 11) is 0. The first-order chi connectivity index (χ1) is 9.56. The van der Waals surface area contributed by atoms with Gasteiger partial charge in [-0.3, -0.25) is 9.80 Å². The van der Waals surface area contributed by atoms with Crippen LogP contribution >= 0.6 is 0 Å². The fourth-order valence-electron chi connectivity index (χ4n) is 4.07. The summed E-state index contributed by atoms with van der Waals surface area (Å²) in [5.41, 5.74) is 0. The Morgan fingerprint density at radius 3 is 1.75 bits per heavy atom. The summed E-state index contributed by atoms with van der Waals surface area (Å²) in [6, 6.07) is 0. The molecule has 0 bridgehead atoms. The first-order valence-electron chi connectivity index (χ1n) is 9.04. The normalized spacial score (nSPS) is 31.6. The molecule has 2 saturated heterocycles. The molecule has 0 aromatic heterocycles. The van der Waals surface area contributed by atoms with Crippen molar-refractivity contribution in [2.75, 3.05) is 26.2 Å². The Morgan fingerprint density at radius 2 is 1.35 bits per heavy atom. The largest absolute Gasteiger partial charge is 0.288 e. The van der Waals surface area contributed by atoms with Crippen LogP contribution in [0.4, 0.5) is 0 Å². The maximum atomic E-state index is 2.81. The second kappa shape index (κ2) is 7.79. The van der Waals surface area contributed by atoms with E-state index in [-0.39, 0.29) is 0 Å². The van der Waals surface area contributed by atoms with Gasteiger partial charge in [-0.2, -0.15) is 0 Å². The van der Waals surface area contributed by atoms with Crippen molar-refractivity contribution in [1.29, 1.82) is 0 Å². The summed E-state index contributed by atoms with van der Waals surface area (Å²) < 4.78 is 0. The lowest BCUT2D eigenvalue weighted by Crippen LogP contribution is -2.54. The first kappa shape index (κ1) is 16.3. The summed E-state index contributed by atoms with van der Waals surface area (Å²) in [5.74, 6) is 2.63. The SMILES string of the molecule is CC(C)CCC(N1CCCC(C)C1)N1CCCC(C)C1. The van der Waals surface area contributed by atoms with Crippen molar-refractivity contribution in [2.24, 2.45) is 17.8 Å². The van der Waals surface area contributed by atoms with Gasteiger partial charge in [-0.25, -0.2) is 0 Å². The van der Waals surface area contributed by atoms with Gasteiger partial charge in [0.25, 0.3) is 0 Å². The van der Waals surface area contributed by atoms with Crippen LogP contribution in [0.15, 0.2) is 0 Å². The third-order valence-electron chi connectivity index (χ3n) is 5.22. The Hall–Kier alpha value is -0.0800. The van der Waals surface area contributed by atoms with Crippen molar-refractivity contribution in [3.8, 4) is 0 Å². The number of nitrogens with zero attached hydrogens (tertiary/aromatic N) is 2. The zero-order valence-electron chi connectivity index (χ0n) is 14.3. The second-order valence-electron chi connectivity index (χ2n) is 7.94. The standard InChI is InChI=1S/C18H36N2/c1-15(2)9-10-18(19-11-5-7-16(3)13-19)20-12-6-8-17(4)14-20/h15-18H,5-14H2,1-4H3. The average Bonchev–Trinajstić information content (AvgIpc) is 2.39. The quantitative estimate of drug-likeness (QED) is 0.744. The molecule has 2 fully saturated rings. The van der Waals surface area contributed by atoms with E-state index in [1.165, 1.54) is 64.7 Å². The van der Waals surface area contributed by atoms with Crippen LogP contribution < -0.4 is 0 Å². The van der Waals surface area contributed by atoms with E-state index < -0.39 is 0 Å². The van der Waals surface area contributed by atoms with Gasteiger partial charge < -0.3 is 0 Å². The summed E-state index contributed by atoms with van der Waals surface area (Å²) >= 11 is 0. The Bertz CT molecular complexity index is 255. The van der Waals surface area contributed by atoms with Gasteiger partial charge in [0.1, 0.15) is 0 Å². The van der Waals surface area contributed by atoms with Crippen molar-refractivity contribution in [3.05, 3.63) is 0 Å². The molecule has 0 radical (unpaired) electrons. The molecule has 0 aromatic rings. The first-order valence-corrected chi connectivity index (χ1v) is 9.04. The van der Waals surface area contributed by atoms with Gasteiger partial charge in [-0.1, -0.05) is 27.7 Å². The maximum absolute atomic E-state index is 2.81. The summed E-state index contributed by atoms with van der Waals surface area (Å²) in [6.07, 6.45) is 9.15. The Labute approximate surface area is 126 Å². The lowest BCUT2D eigenvalue weighted by Gasteiger charge is -2.46. The molecule has 0 N–H and O–H groups in total. The molecular formula is C18H36N2. The van der Waals surface area contributed by atoms with Gasteiger partial charge in [0.05, 0.1) is 6.17 Å². The molecule has 2 rings (SSSR count). The van der Waals surface area contributed by atoms with Gasteiger partial charge in [0.2, 0.25) is 0 Å². The van der Waals surface area contributed by atoms with Crippen LogP contribution in [-0.2, 0) is 0 Å². The molecule has 0 aromatic carbocycles. The lowest BCUT2D eigenvalue weighted by molar-refractivity contribution is -0.0122. The number of rotatable bonds is 5. The summed E-state index contributed by atoms with van der Waals surface area (Å²) in [5, 5.41) is 0. The van der Waals surface area contributed by atoms with Crippen molar-refractivity contribution in [1.82, 2.24) is 9.80 Å². The van der Waals surface area contributed by atoms with E-state index in [4.69, 9.17) is 0 Å². The minimum Gasteiger partial charge on any atom is -0.288 e. The second-order valence-corrected chi connectivity index (χ2v) is 7.94. The molecule has 118 valence electrons. The third kappa shape index (κ3) is 4.73. The molecule has 2 aliphatic heterocycles. The minimum absolute atomic E-state index is 0.725. The number of likely N-dealkylation sites (tertiary alicyclic amines) is 2. The molecule has 20 heavy (non-hydrogen) atoms. The van der Waals surface area contributed by atoms with E-state index in [1.807, 2.05) is 0 Å². The Kier molecular flexibility index (Phi) is 6.35. The topological polar surface area (TPSA) is 6.48 Å². The molecule has 2 nitrogen and oxygen atoms in total. The van der Waals surface area contributed by atoms with Crippen molar-refractivity contribution in [2.45, 2.75) is 72.4 Å². The highest BCUT2D eigenvalue weighted by atomic mass is 15.4. The van der Waals surface area contributed by atoms with Crippen molar-refractivity contribution < 1.29 is 0 Å². The Balaban J connectivity index is 1.98. The van der Waals surface area contributed by atoms with Crippen LogP contribution in [0.5, 0.6) is 0 Å². The predicted molar refractivity (Wildman–Crippen MR) is 87.8 cm³/mol. The van der Waals surface area contributed by atoms with E-state index in [0.717, 1.165) is 23.9 Å². The van der Waals surface area contributed by atoms with Gasteiger partial charge in [0, 0.05) is 13.1 Å². The highest BCUT2D eigenvalue weighted by Crippen LogP contribution is 2.26. The van der Waals surface area contributed by atoms with Gasteiger partial charge in [-0.05, 0) is 69.4 Å². The van der Waals surface area contributed by atoms with Crippen molar-refractivity contribution in [3.63, 3.8) is 0 Å². The summed E-state index contributed by atoms with van der Waals surface area (Å²) in [6.45, 7) is 14.9. The predicted octanol–water partition coefficient (Wildman–Crippen LogP) is 4.21. The molecule has 2 atom stereocenters. The molecule has 2 aliphatic rings. The highest BCUT2D eigenvalue weighted by Gasteiger charge is 2.30. The Morgan fingerprint density at radius 1 is 0.850 bits per heavy atom. The van der Waals surface area contributed by atoms with Crippen LogP contribution in [0.25, 0.3) is 0 Å².